The molecule has 0 atom stereocenters. The van der Waals surface area contributed by atoms with Gasteiger partial charge in [-0.25, -0.2) is 0 Å². The van der Waals surface area contributed by atoms with Gasteiger partial charge in [-0.3, -0.25) is 0 Å². The van der Waals surface area contributed by atoms with E-state index in [-0.39, 0.29) is 0 Å². The Morgan fingerprint density at radius 1 is 0.309 bits per heavy atom. The molecule has 1 nitrogen and oxygen atoms in total. The molecule has 9 aromatic carbocycles. The average molecular weight is 736 g/mol. The summed E-state index contributed by atoms with van der Waals surface area (Å²) in [6.07, 6.45) is 0. The maximum absolute atomic E-state index is 2.45. The van der Waals surface area contributed by atoms with Gasteiger partial charge in [0.25, 0.3) is 0 Å². The van der Waals surface area contributed by atoms with E-state index in [0.29, 0.717) is 0 Å². The molecule has 0 aliphatic heterocycles. The minimum Gasteiger partial charge on any atom is -0.309 e. The Morgan fingerprint density at radius 3 is 1.73 bits per heavy atom. The van der Waals surface area contributed by atoms with Gasteiger partial charge in [0.15, 0.2) is 0 Å². The van der Waals surface area contributed by atoms with Crippen LogP contribution in [0.25, 0.3) is 84.5 Å². The van der Waals surface area contributed by atoms with Gasteiger partial charge in [-0.2, -0.15) is 0 Å². The Bertz CT molecular complexity index is 3190. The lowest BCUT2D eigenvalue weighted by Gasteiger charge is -2.26. The van der Waals surface area contributed by atoms with Crippen LogP contribution in [0.15, 0.2) is 200 Å². The van der Waals surface area contributed by atoms with Gasteiger partial charge in [-0.15, -0.1) is 22.7 Å². The summed E-state index contributed by atoms with van der Waals surface area (Å²) in [6.45, 7) is 0. The summed E-state index contributed by atoms with van der Waals surface area (Å²) in [6, 6.07) is 73.4. The molecule has 0 unspecified atom stereocenters. The molecule has 258 valence electrons. The zero-order valence-electron chi connectivity index (χ0n) is 29.8. The maximum Gasteiger partial charge on any atom is 0.0640 e. The molecule has 11 aromatic rings. The van der Waals surface area contributed by atoms with Crippen LogP contribution in [0.1, 0.15) is 0 Å². The van der Waals surface area contributed by atoms with Crippen molar-refractivity contribution >= 4 is 90.9 Å². The summed E-state index contributed by atoms with van der Waals surface area (Å²) in [7, 11) is 0. The van der Waals surface area contributed by atoms with E-state index in [2.05, 4.69) is 205 Å². The number of nitrogens with zero attached hydrogens (tertiary/aromatic N) is 1. The molecule has 0 saturated heterocycles. The smallest absolute Gasteiger partial charge is 0.0640 e. The molecule has 0 fully saturated rings. The maximum atomic E-state index is 2.45. The first-order valence-corrected chi connectivity index (χ1v) is 20.3. The molecule has 0 amide bonds. The summed E-state index contributed by atoms with van der Waals surface area (Å²) in [5.74, 6) is 0. The van der Waals surface area contributed by atoms with Crippen LogP contribution in [0.3, 0.4) is 0 Å². The van der Waals surface area contributed by atoms with Gasteiger partial charge in [-0.05, 0) is 98.8 Å². The third kappa shape index (κ3) is 5.51. The van der Waals surface area contributed by atoms with Crippen LogP contribution < -0.4 is 4.90 Å². The summed E-state index contributed by atoms with van der Waals surface area (Å²) >= 11 is 3.76. The largest absolute Gasteiger partial charge is 0.309 e. The molecule has 0 aliphatic rings. The molecule has 0 radical (unpaired) electrons. The third-order valence-corrected chi connectivity index (χ3v) is 13.3. The number of thiophene rings is 2. The van der Waals surface area contributed by atoms with Gasteiger partial charge in [0.05, 0.1) is 10.4 Å². The molecular weight excluding hydrogens is 703 g/mol. The quantitative estimate of drug-likeness (QED) is 0.164. The molecule has 0 aliphatic carbocycles. The van der Waals surface area contributed by atoms with Gasteiger partial charge in [0, 0.05) is 47.0 Å². The number of hydrogen-bond donors (Lipinski definition) is 0. The predicted octanol–water partition coefficient (Wildman–Crippen LogP) is 16.0. The van der Waals surface area contributed by atoms with Crippen LogP contribution in [-0.4, -0.2) is 0 Å². The normalized spacial score (nSPS) is 11.6. The van der Waals surface area contributed by atoms with E-state index in [1.165, 1.54) is 90.2 Å². The molecule has 0 bridgehead atoms. The second-order valence-corrected chi connectivity index (χ2v) is 16.2. The van der Waals surface area contributed by atoms with E-state index in [0.717, 1.165) is 11.4 Å². The average Bonchev–Trinajstić information content (AvgIpc) is 3.83. The number of anilines is 3. The van der Waals surface area contributed by atoms with Gasteiger partial charge < -0.3 is 4.90 Å². The second-order valence-electron chi connectivity index (χ2n) is 14.1. The Kier molecular flexibility index (Phi) is 7.61. The van der Waals surface area contributed by atoms with Crippen LogP contribution in [0.4, 0.5) is 17.1 Å². The van der Waals surface area contributed by atoms with Crippen molar-refractivity contribution in [3.05, 3.63) is 200 Å². The van der Waals surface area contributed by atoms with Crippen LogP contribution >= 0.6 is 22.7 Å². The summed E-state index contributed by atoms with van der Waals surface area (Å²) in [5.41, 5.74) is 10.8. The highest BCUT2D eigenvalue weighted by atomic mass is 32.1. The van der Waals surface area contributed by atoms with Gasteiger partial charge in [-0.1, -0.05) is 146 Å². The van der Waals surface area contributed by atoms with E-state index < -0.39 is 0 Å². The summed E-state index contributed by atoms with van der Waals surface area (Å²) in [5, 5.41) is 7.66. The molecule has 3 heteroatoms. The third-order valence-electron chi connectivity index (χ3n) is 10.9. The Morgan fingerprint density at radius 2 is 0.891 bits per heavy atom. The van der Waals surface area contributed by atoms with E-state index in [1.807, 2.05) is 22.7 Å². The van der Waals surface area contributed by atoms with E-state index in [4.69, 9.17) is 0 Å². The van der Waals surface area contributed by atoms with Crippen molar-refractivity contribution in [1.29, 1.82) is 0 Å². The van der Waals surface area contributed by atoms with Crippen LogP contribution in [0.5, 0.6) is 0 Å². The lowest BCUT2D eigenvalue weighted by atomic mass is 10.00. The van der Waals surface area contributed by atoms with Crippen molar-refractivity contribution in [2.45, 2.75) is 0 Å². The first kappa shape index (κ1) is 32.0. The molecule has 2 heterocycles. The van der Waals surface area contributed by atoms with Crippen molar-refractivity contribution in [3.63, 3.8) is 0 Å². The minimum absolute atomic E-state index is 1.12. The summed E-state index contributed by atoms with van der Waals surface area (Å²) in [4.78, 5) is 2.45. The fourth-order valence-corrected chi connectivity index (χ4v) is 10.6. The first-order chi connectivity index (χ1) is 27.2. The lowest BCUT2D eigenvalue weighted by Crippen LogP contribution is -2.10. The van der Waals surface area contributed by atoms with Crippen molar-refractivity contribution in [3.8, 4) is 33.4 Å². The van der Waals surface area contributed by atoms with Crippen molar-refractivity contribution in [2.24, 2.45) is 0 Å². The predicted molar refractivity (Wildman–Crippen MR) is 241 cm³/mol. The van der Waals surface area contributed by atoms with E-state index in [1.54, 1.807) is 0 Å². The van der Waals surface area contributed by atoms with Crippen molar-refractivity contribution in [2.75, 3.05) is 4.90 Å². The van der Waals surface area contributed by atoms with Crippen LogP contribution in [0, 0.1) is 0 Å². The van der Waals surface area contributed by atoms with Crippen molar-refractivity contribution in [1.82, 2.24) is 0 Å². The van der Waals surface area contributed by atoms with Crippen LogP contribution in [0.2, 0.25) is 0 Å². The number of hydrogen-bond acceptors (Lipinski definition) is 3. The Hall–Kier alpha value is -6.52. The fraction of sp³-hybridized carbons (Fsp3) is 0. The van der Waals surface area contributed by atoms with Gasteiger partial charge in [0.2, 0.25) is 0 Å². The monoisotopic (exact) mass is 735 g/mol. The fourth-order valence-electron chi connectivity index (χ4n) is 8.14. The molecule has 0 N–H and O–H groups in total. The SMILES string of the molecule is c1ccc(-c2ccc3cc(N(c4ccc(-c5ccc6sc7ccccc7c6c5)cc4)c4cccc5c4sc4c(-c6ccccc6)cccc45)ccc3c2)cc1. The number of benzene rings is 9. The number of fused-ring (bicyclic) bond motifs is 7. The highest BCUT2D eigenvalue weighted by Gasteiger charge is 2.20. The van der Waals surface area contributed by atoms with Crippen molar-refractivity contribution < 1.29 is 0 Å². The Labute approximate surface area is 327 Å². The topological polar surface area (TPSA) is 3.24 Å². The zero-order chi connectivity index (χ0) is 36.3. The Balaban J connectivity index is 1.07. The van der Waals surface area contributed by atoms with E-state index in [9.17, 15) is 0 Å². The molecule has 0 spiro atoms. The highest BCUT2D eigenvalue weighted by Crippen LogP contribution is 2.48. The standard InChI is InChI=1S/C52H33NS2/c1-3-11-34(12-4-1)37-21-22-39-32-42(29-25-38(39)31-37)53(41-27-23-35(24-28-41)40-26-30-50-47(33-40)44-15-7-8-20-49(44)54-50)48-19-10-18-46-45-17-9-16-43(51(45)55-52(46)48)36-13-5-2-6-14-36/h1-33H. The molecule has 0 saturated carbocycles. The van der Waals surface area contributed by atoms with E-state index >= 15 is 0 Å². The van der Waals surface area contributed by atoms with Gasteiger partial charge >= 0.3 is 0 Å². The first-order valence-electron chi connectivity index (χ1n) is 18.7. The molecular formula is C52H33NS2. The minimum atomic E-state index is 1.12. The van der Waals surface area contributed by atoms with Gasteiger partial charge in [0.1, 0.15) is 0 Å². The number of rotatable bonds is 6. The molecule has 2 aromatic heterocycles. The lowest BCUT2D eigenvalue weighted by molar-refractivity contribution is 1.31. The highest BCUT2D eigenvalue weighted by molar-refractivity contribution is 7.27. The summed E-state index contributed by atoms with van der Waals surface area (Å²) < 4.78 is 5.25. The zero-order valence-corrected chi connectivity index (χ0v) is 31.4. The second kappa shape index (κ2) is 13.1. The van der Waals surface area contributed by atoms with Crippen LogP contribution in [-0.2, 0) is 0 Å². The molecule has 55 heavy (non-hydrogen) atoms. The molecule has 11 rings (SSSR count).